The predicted octanol–water partition coefficient (Wildman–Crippen LogP) is 3.58. The summed E-state index contributed by atoms with van der Waals surface area (Å²) in [5.41, 5.74) is 10.4. The minimum absolute atomic E-state index is 0.537. The third-order valence-corrected chi connectivity index (χ3v) is 4.72. The van der Waals surface area contributed by atoms with E-state index in [1.807, 2.05) is 45.2 Å². The fraction of sp³-hybridized carbons (Fsp3) is 0.188. The molecule has 2 aromatic heterocycles. The third-order valence-electron chi connectivity index (χ3n) is 3.52. The van der Waals surface area contributed by atoms with Crippen LogP contribution in [0.25, 0.3) is 10.6 Å². The fourth-order valence-corrected chi connectivity index (χ4v) is 3.09. The van der Waals surface area contributed by atoms with E-state index in [4.69, 9.17) is 5.73 Å². The molecule has 4 N–H and O–H groups in total. The highest BCUT2D eigenvalue weighted by Crippen LogP contribution is 2.32. The molecule has 0 saturated carbocycles. The van der Waals surface area contributed by atoms with Gasteiger partial charge in [-0.25, -0.2) is 15.0 Å². The first kappa shape index (κ1) is 15.2. The maximum Gasteiger partial charge on any atom is 0.227 e. The Morgan fingerprint density at radius 2 is 1.96 bits per heavy atom. The van der Waals surface area contributed by atoms with Crippen molar-refractivity contribution in [3.63, 3.8) is 0 Å². The van der Waals surface area contributed by atoms with Gasteiger partial charge in [-0.2, -0.15) is 0 Å². The molecule has 1 aromatic carbocycles. The van der Waals surface area contributed by atoms with Crippen molar-refractivity contribution in [3.8, 4) is 10.6 Å². The van der Waals surface area contributed by atoms with Crippen LogP contribution in [-0.2, 0) is 0 Å². The number of aryl methyl sites for hydroxylation is 1. The first-order valence-corrected chi connectivity index (χ1v) is 8.01. The zero-order chi connectivity index (χ0) is 16.4. The van der Waals surface area contributed by atoms with Crippen molar-refractivity contribution >= 4 is 33.8 Å². The molecule has 7 heteroatoms. The molecule has 0 aliphatic carbocycles. The number of nitrogens with two attached hydrogens (primary N) is 1. The van der Waals surface area contributed by atoms with Gasteiger partial charge in [-0.1, -0.05) is 17.4 Å². The predicted molar refractivity (Wildman–Crippen MR) is 96.3 cm³/mol. The van der Waals surface area contributed by atoms with E-state index in [9.17, 15) is 0 Å². The molecule has 3 rings (SSSR count). The quantitative estimate of drug-likeness (QED) is 0.635. The molecule has 2 heterocycles. The molecular formula is C16H18N6S. The van der Waals surface area contributed by atoms with Gasteiger partial charge in [0.25, 0.3) is 0 Å². The minimum Gasteiger partial charge on any atom is -0.398 e. The number of hydrogen-bond acceptors (Lipinski definition) is 7. The van der Waals surface area contributed by atoms with Crippen LogP contribution in [0.1, 0.15) is 11.3 Å². The van der Waals surface area contributed by atoms with Crippen LogP contribution in [0, 0.1) is 13.8 Å². The number of nitrogens with zero attached hydrogens (tertiary/aromatic N) is 3. The van der Waals surface area contributed by atoms with E-state index in [2.05, 4.69) is 25.6 Å². The molecule has 6 nitrogen and oxygen atoms in total. The summed E-state index contributed by atoms with van der Waals surface area (Å²) in [4.78, 5) is 14.4. The van der Waals surface area contributed by atoms with E-state index >= 15 is 0 Å². The Morgan fingerprint density at radius 1 is 1.13 bits per heavy atom. The van der Waals surface area contributed by atoms with Crippen LogP contribution in [-0.4, -0.2) is 22.0 Å². The minimum atomic E-state index is 0.537. The van der Waals surface area contributed by atoms with Crippen LogP contribution in [0.15, 0.2) is 30.5 Å². The number of rotatable bonds is 4. The van der Waals surface area contributed by atoms with Gasteiger partial charge in [0.2, 0.25) is 5.95 Å². The highest BCUT2D eigenvalue weighted by Gasteiger charge is 2.12. The first-order chi connectivity index (χ1) is 11.1. The number of anilines is 4. The maximum absolute atomic E-state index is 5.94. The van der Waals surface area contributed by atoms with Gasteiger partial charge in [-0.3, -0.25) is 0 Å². The molecule has 0 fully saturated rings. The molecule has 0 radical (unpaired) electrons. The molecule has 0 amide bonds. The second-order valence-electron chi connectivity index (χ2n) is 5.09. The lowest BCUT2D eigenvalue weighted by Gasteiger charge is -2.10. The van der Waals surface area contributed by atoms with Gasteiger partial charge in [0, 0.05) is 24.6 Å². The van der Waals surface area contributed by atoms with Gasteiger partial charge in [0.1, 0.15) is 0 Å². The summed E-state index contributed by atoms with van der Waals surface area (Å²) in [6.45, 7) is 3.94. The van der Waals surface area contributed by atoms with Gasteiger partial charge in [0.05, 0.1) is 16.3 Å². The highest BCUT2D eigenvalue weighted by atomic mass is 32.1. The average Bonchev–Trinajstić information content (AvgIpc) is 2.93. The second kappa shape index (κ2) is 6.21. The lowest BCUT2D eigenvalue weighted by atomic mass is 10.1. The van der Waals surface area contributed by atoms with Gasteiger partial charge in [0.15, 0.2) is 5.13 Å². The lowest BCUT2D eigenvalue weighted by molar-refractivity contribution is 1.16. The van der Waals surface area contributed by atoms with Crippen LogP contribution in [0.2, 0.25) is 0 Å². The zero-order valence-corrected chi connectivity index (χ0v) is 14.0. The van der Waals surface area contributed by atoms with Crippen LogP contribution in [0.3, 0.4) is 0 Å². The van der Waals surface area contributed by atoms with Gasteiger partial charge < -0.3 is 16.4 Å². The molecule has 23 heavy (non-hydrogen) atoms. The smallest absolute Gasteiger partial charge is 0.227 e. The standard InChI is InChI=1S/C16H18N6S/c1-9-11(17)5-4-6-12(9)21-15-19-8-7-13(22-15)14-10(2)20-16(18-3)23-14/h4-8H,17H2,1-3H3,(H,18,20)(H,19,21,22). The summed E-state index contributed by atoms with van der Waals surface area (Å²) in [7, 11) is 1.86. The Hall–Kier alpha value is -2.67. The SMILES string of the molecule is CNc1nc(C)c(-c2ccnc(Nc3cccc(N)c3C)n2)s1. The summed E-state index contributed by atoms with van der Waals surface area (Å²) in [6.07, 6.45) is 1.74. The Morgan fingerprint density at radius 3 is 2.70 bits per heavy atom. The summed E-state index contributed by atoms with van der Waals surface area (Å²) in [5, 5.41) is 7.16. The summed E-state index contributed by atoms with van der Waals surface area (Å²) in [6, 6.07) is 7.62. The number of nitrogens with one attached hydrogen (secondary N) is 2. The molecule has 0 aliphatic rings. The fourth-order valence-electron chi connectivity index (χ4n) is 2.20. The monoisotopic (exact) mass is 326 g/mol. The molecule has 0 aliphatic heterocycles. The Balaban J connectivity index is 1.93. The molecule has 0 unspecified atom stereocenters. The van der Waals surface area contributed by atoms with Crippen molar-refractivity contribution < 1.29 is 0 Å². The molecule has 118 valence electrons. The van der Waals surface area contributed by atoms with Gasteiger partial charge in [-0.05, 0) is 37.6 Å². The Kier molecular flexibility index (Phi) is 4.12. The number of benzene rings is 1. The topological polar surface area (TPSA) is 88.8 Å². The largest absolute Gasteiger partial charge is 0.398 e. The Bertz CT molecular complexity index is 842. The molecule has 0 saturated heterocycles. The number of thiazole rings is 1. The van der Waals surface area contributed by atoms with E-state index < -0.39 is 0 Å². The van der Waals surface area contributed by atoms with E-state index in [1.165, 1.54) is 0 Å². The molecule has 0 bridgehead atoms. The summed E-state index contributed by atoms with van der Waals surface area (Å²) < 4.78 is 0. The highest BCUT2D eigenvalue weighted by molar-refractivity contribution is 7.19. The van der Waals surface area contributed by atoms with Crippen LogP contribution in [0.5, 0.6) is 0 Å². The Labute approximate surface area is 138 Å². The molecule has 3 aromatic rings. The van der Waals surface area contributed by atoms with Crippen molar-refractivity contribution in [2.45, 2.75) is 13.8 Å². The third kappa shape index (κ3) is 3.09. The number of hydrogen-bond donors (Lipinski definition) is 3. The average molecular weight is 326 g/mol. The van der Waals surface area contributed by atoms with Crippen molar-refractivity contribution in [2.24, 2.45) is 0 Å². The second-order valence-corrected chi connectivity index (χ2v) is 6.09. The van der Waals surface area contributed by atoms with Crippen molar-refractivity contribution in [3.05, 3.63) is 41.7 Å². The van der Waals surface area contributed by atoms with Crippen molar-refractivity contribution in [1.82, 2.24) is 15.0 Å². The molecular weight excluding hydrogens is 308 g/mol. The van der Waals surface area contributed by atoms with E-state index in [0.717, 1.165) is 38.3 Å². The van der Waals surface area contributed by atoms with Crippen LogP contribution in [0.4, 0.5) is 22.5 Å². The van der Waals surface area contributed by atoms with Crippen LogP contribution >= 0.6 is 11.3 Å². The molecule has 0 spiro atoms. The molecule has 0 atom stereocenters. The van der Waals surface area contributed by atoms with E-state index in [1.54, 1.807) is 17.5 Å². The van der Waals surface area contributed by atoms with Crippen LogP contribution < -0.4 is 16.4 Å². The van der Waals surface area contributed by atoms with Gasteiger partial charge in [-0.15, -0.1) is 0 Å². The first-order valence-electron chi connectivity index (χ1n) is 7.19. The normalized spacial score (nSPS) is 10.6. The summed E-state index contributed by atoms with van der Waals surface area (Å²) >= 11 is 1.57. The van der Waals surface area contributed by atoms with Crippen molar-refractivity contribution in [1.29, 1.82) is 0 Å². The number of nitrogen functional groups attached to an aromatic ring is 1. The summed E-state index contributed by atoms with van der Waals surface area (Å²) in [5.74, 6) is 0.537. The van der Waals surface area contributed by atoms with E-state index in [0.29, 0.717) is 5.95 Å². The zero-order valence-electron chi connectivity index (χ0n) is 13.2. The van der Waals surface area contributed by atoms with E-state index in [-0.39, 0.29) is 0 Å². The maximum atomic E-state index is 5.94. The van der Waals surface area contributed by atoms with Crippen molar-refractivity contribution in [2.75, 3.05) is 23.4 Å². The lowest BCUT2D eigenvalue weighted by Crippen LogP contribution is -2.01. The van der Waals surface area contributed by atoms with Gasteiger partial charge >= 0.3 is 0 Å². The number of aromatic nitrogens is 3.